The Kier molecular flexibility index (Phi) is 4.10. The van der Waals surface area contributed by atoms with Crippen LogP contribution in [0.15, 0.2) is 48.5 Å². The molecular formula is C15H14N2O3. The number of aromatic carboxylic acids is 1. The van der Waals surface area contributed by atoms with Gasteiger partial charge < -0.3 is 10.4 Å². The third-order valence-corrected chi connectivity index (χ3v) is 2.85. The topological polar surface area (TPSA) is 79.3 Å². The van der Waals surface area contributed by atoms with Gasteiger partial charge in [-0.15, -0.1) is 0 Å². The molecule has 2 rings (SSSR count). The number of carboxylic acids is 1. The molecule has 0 radical (unpaired) electrons. The fourth-order valence-electron chi connectivity index (χ4n) is 1.78. The molecule has 1 atom stereocenters. The first-order valence-electron chi connectivity index (χ1n) is 6.14. The molecule has 1 aromatic heterocycles. The van der Waals surface area contributed by atoms with Crippen LogP contribution in [0.5, 0.6) is 0 Å². The van der Waals surface area contributed by atoms with E-state index in [1.807, 2.05) is 37.3 Å². The van der Waals surface area contributed by atoms with Gasteiger partial charge in [-0.3, -0.25) is 4.79 Å². The number of hydrogen-bond donors (Lipinski definition) is 2. The van der Waals surface area contributed by atoms with Crippen molar-refractivity contribution in [3.63, 3.8) is 0 Å². The van der Waals surface area contributed by atoms with E-state index in [0.29, 0.717) is 0 Å². The first-order valence-corrected chi connectivity index (χ1v) is 6.14. The van der Waals surface area contributed by atoms with Crippen molar-refractivity contribution in [3.05, 3.63) is 65.5 Å². The van der Waals surface area contributed by atoms with Crippen molar-refractivity contribution in [1.29, 1.82) is 0 Å². The molecule has 2 aromatic rings. The van der Waals surface area contributed by atoms with Crippen molar-refractivity contribution in [2.24, 2.45) is 0 Å². The highest BCUT2D eigenvalue weighted by Gasteiger charge is 2.14. The van der Waals surface area contributed by atoms with Crippen LogP contribution < -0.4 is 5.32 Å². The van der Waals surface area contributed by atoms with E-state index in [1.165, 1.54) is 18.2 Å². The zero-order valence-electron chi connectivity index (χ0n) is 10.9. The Labute approximate surface area is 116 Å². The number of nitrogens with one attached hydrogen (secondary N) is 1. The minimum absolute atomic E-state index is 0.0904. The van der Waals surface area contributed by atoms with E-state index in [2.05, 4.69) is 10.3 Å². The molecule has 0 bridgehead atoms. The van der Waals surface area contributed by atoms with Crippen LogP contribution in [0.3, 0.4) is 0 Å². The lowest BCUT2D eigenvalue weighted by atomic mass is 10.1. The average Bonchev–Trinajstić information content (AvgIpc) is 2.48. The number of benzene rings is 1. The Morgan fingerprint density at radius 3 is 2.35 bits per heavy atom. The number of amides is 1. The summed E-state index contributed by atoms with van der Waals surface area (Å²) >= 11 is 0. The Bertz CT molecular complexity index is 626. The summed E-state index contributed by atoms with van der Waals surface area (Å²) in [6.45, 7) is 1.86. The van der Waals surface area contributed by atoms with Gasteiger partial charge in [-0.05, 0) is 24.6 Å². The van der Waals surface area contributed by atoms with Gasteiger partial charge in [0.25, 0.3) is 5.91 Å². The van der Waals surface area contributed by atoms with Crippen molar-refractivity contribution >= 4 is 11.9 Å². The molecule has 0 unspecified atom stereocenters. The fraction of sp³-hybridized carbons (Fsp3) is 0.133. The Hall–Kier alpha value is -2.69. The number of aromatic nitrogens is 1. The number of carbonyl (C=O) groups excluding carboxylic acids is 1. The molecule has 0 spiro atoms. The van der Waals surface area contributed by atoms with E-state index in [9.17, 15) is 9.59 Å². The van der Waals surface area contributed by atoms with E-state index in [-0.39, 0.29) is 17.4 Å². The van der Waals surface area contributed by atoms with Gasteiger partial charge in [0.2, 0.25) is 0 Å². The van der Waals surface area contributed by atoms with E-state index in [1.54, 1.807) is 0 Å². The highest BCUT2D eigenvalue weighted by atomic mass is 16.4. The van der Waals surface area contributed by atoms with Crippen LogP contribution in [0.1, 0.15) is 39.5 Å². The van der Waals surface area contributed by atoms with Crippen LogP contribution in [-0.4, -0.2) is 22.0 Å². The first kappa shape index (κ1) is 13.7. The number of pyridine rings is 1. The monoisotopic (exact) mass is 270 g/mol. The number of carboxylic acid groups (broad SMARTS) is 1. The van der Waals surface area contributed by atoms with Crippen LogP contribution in [-0.2, 0) is 0 Å². The van der Waals surface area contributed by atoms with Crippen molar-refractivity contribution in [2.75, 3.05) is 0 Å². The second-order valence-electron chi connectivity index (χ2n) is 4.32. The van der Waals surface area contributed by atoms with Gasteiger partial charge in [-0.25, -0.2) is 9.78 Å². The first-order chi connectivity index (χ1) is 9.58. The summed E-state index contributed by atoms with van der Waals surface area (Å²) in [6.07, 6.45) is 0. The van der Waals surface area contributed by atoms with Crippen LogP contribution in [0.4, 0.5) is 0 Å². The zero-order valence-corrected chi connectivity index (χ0v) is 10.9. The lowest BCUT2D eigenvalue weighted by Crippen LogP contribution is -2.27. The molecule has 0 saturated carbocycles. The maximum atomic E-state index is 12.0. The average molecular weight is 270 g/mol. The van der Waals surface area contributed by atoms with Gasteiger partial charge in [-0.1, -0.05) is 36.4 Å². The van der Waals surface area contributed by atoms with Crippen LogP contribution in [0.25, 0.3) is 0 Å². The molecule has 102 valence electrons. The second kappa shape index (κ2) is 5.97. The van der Waals surface area contributed by atoms with Gasteiger partial charge in [0.15, 0.2) is 0 Å². The van der Waals surface area contributed by atoms with Crippen LogP contribution >= 0.6 is 0 Å². The Morgan fingerprint density at radius 1 is 1.05 bits per heavy atom. The Balaban J connectivity index is 2.12. The molecular weight excluding hydrogens is 256 g/mol. The predicted octanol–water partition coefficient (Wildman–Crippen LogP) is 2.27. The number of rotatable bonds is 4. The third-order valence-electron chi connectivity index (χ3n) is 2.85. The molecule has 0 saturated heterocycles. The number of hydrogen-bond acceptors (Lipinski definition) is 3. The highest BCUT2D eigenvalue weighted by Crippen LogP contribution is 2.12. The van der Waals surface area contributed by atoms with Crippen molar-refractivity contribution in [1.82, 2.24) is 10.3 Å². The number of nitrogens with zero attached hydrogens (tertiary/aromatic N) is 1. The molecule has 1 amide bonds. The predicted molar refractivity (Wildman–Crippen MR) is 73.5 cm³/mol. The molecule has 20 heavy (non-hydrogen) atoms. The summed E-state index contributed by atoms with van der Waals surface area (Å²) < 4.78 is 0. The minimum atomic E-state index is -1.16. The summed E-state index contributed by atoms with van der Waals surface area (Å²) in [6, 6.07) is 13.6. The molecule has 5 heteroatoms. The summed E-state index contributed by atoms with van der Waals surface area (Å²) in [4.78, 5) is 26.7. The van der Waals surface area contributed by atoms with E-state index >= 15 is 0 Å². The standard InChI is InChI=1S/C15H14N2O3/c1-10(11-6-3-2-4-7-11)16-14(18)12-8-5-9-13(17-12)15(19)20/h2-10H,1H3,(H,16,18)(H,19,20)/t10-/m1/s1. The lowest BCUT2D eigenvalue weighted by molar-refractivity contribution is 0.0690. The summed E-state index contributed by atoms with van der Waals surface area (Å²) in [5.41, 5.74) is 0.910. The minimum Gasteiger partial charge on any atom is -0.477 e. The SMILES string of the molecule is C[C@@H](NC(=O)c1cccc(C(=O)O)n1)c1ccccc1. The molecule has 1 aromatic carbocycles. The summed E-state index contributed by atoms with van der Waals surface area (Å²) in [7, 11) is 0. The van der Waals surface area contributed by atoms with Crippen molar-refractivity contribution in [2.45, 2.75) is 13.0 Å². The summed E-state index contributed by atoms with van der Waals surface area (Å²) in [5, 5.41) is 11.6. The highest BCUT2D eigenvalue weighted by molar-refractivity contribution is 5.94. The maximum absolute atomic E-state index is 12.0. The van der Waals surface area contributed by atoms with Gasteiger partial charge in [0.1, 0.15) is 11.4 Å². The van der Waals surface area contributed by atoms with Crippen molar-refractivity contribution in [3.8, 4) is 0 Å². The molecule has 0 aliphatic rings. The van der Waals surface area contributed by atoms with Gasteiger partial charge in [-0.2, -0.15) is 0 Å². The quantitative estimate of drug-likeness (QED) is 0.893. The molecule has 0 aliphatic heterocycles. The largest absolute Gasteiger partial charge is 0.477 e. The molecule has 1 heterocycles. The molecule has 0 fully saturated rings. The van der Waals surface area contributed by atoms with Crippen LogP contribution in [0, 0.1) is 0 Å². The fourth-order valence-corrected chi connectivity index (χ4v) is 1.78. The van der Waals surface area contributed by atoms with Gasteiger partial charge in [0, 0.05) is 0 Å². The van der Waals surface area contributed by atoms with Crippen molar-refractivity contribution < 1.29 is 14.7 Å². The van der Waals surface area contributed by atoms with Crippen LogP contribution in [0.2, 0.25) is 0 Å². The third kappa shape index (κ3) is 3.20. The van der Waals surface area contributed by atoms with E-state index in [4.69, 9.17) is 5.11 Å². The smallest absolute Gasteiger partial charge is 0.354 e. The summed E-state index contributed by atoms with van der Waals surface area (Å²) in [5.74, 6) is -1.56. The maximum Gasteiger partial charge on any atom is 0.354 e. The lowest BCUT2D eigenvalue weighted by Gasteiger charge is -2.13. The molecule has 2 N–H and O–H groups in total. The van der Waals surface area contributed by atoms with Gasteiger partial charge >= 0.3 is 5.97 Å². The molecule has 0 aliphatic carbocycles. The Morgan fingerprint density at radius 2 is 1.70 bits per heavy atom. The molecule has 5 nitrogen and oxygen atoms in total. The number of carbonyl (C=O) groups is 2. The van der Waals surface area contributed by atoms with E-state index in [0.717, 1.165) is 5.56 Å². The van der Waals surface area contributed by atoms with E-state index < -0.39 is 11.9 Å². The second-order valence-corrected chi connectivity index (χ2v) is 4.32. The normalized spacial score (nSPS) is 11.7. The van der Waals surface area contributed by atoms with Gasteiger partial charge in [0.05, 0.1) is 6.04 Å². The zero-order chi connectivity index (χ0) is 14.5.